The molecule has 21 heavy (non-hydrogen) atoms. The molecule has 2 N–H and O–H groups in total. The zero-order valence-corrected chi connectivity index (χ0v) is 13.2. The molecule has 0 atom stereocenters. The van der Waals surface area contributed by atoms with Crippen molar-refractivity contribution in [3.63, 3.8) is 0 Å². The molecule has 5 nitrogen and oxygen atoms in total. The highest BCUT2D eigenvalue weighted by Crippen LogP contribution is 2.29. The molecule has 1 fully saturated rings. The van der Waals surface area contributed by atoms with Crippen molar-refractivity contribution in [2.24, 2.45) is 5.92 Å². The summed E-state index contributed by atoms with van der Waals surface area (Å²) in [7, 11) is -1.14. The van der Waals surface area contributed by atoms with Crippen molar-refractivity contribution in [3.8, 4) is 5.88 Å². The van der Waals surface area contributed by atoms with Gasteiger partial charge in [-0.3, -0.25) is 0 Å². The van der Waals surface area contributed by atoms with Gasteiger partial charge in [0.1, 0.15) is 0 Å². The van der Waals surface area contributed by atoms with Crippen LogP contribution in [0.5, 0.6) is 5.88 Å². The van der Waals surface area contributed by atoms with Gasteiger partial charge >= 0.3 is 7.12 Å². The van der Waals surface area contributed by atoms with Gasteiger partial charge in [0.25, 0.3) is 0 Å². The van der Waals surface area contributed by atoms with E-state index in [4.69, 9.17) is 9.39 Å². The highest BCUT2D eigenvalue weighted by Gasteiger charge is 2.39. The maximum absolute atomic E-state index is 10.1. The predicted molar refractivity (Wildman–Crippen MR) is 81.5 cm³/mol. The van der Waals surface area contributed by atoms with Gasteiger partial charge in [0.15, 0.2) is 0 Å². The van der Waals surface area contributed by atoms with Crippen LogP contribution in [-0.4, -0.2) is 40.0 Å². The summed E-state index contributed by atoms with van der Waals surface area (Å²) >= 11 is 0. The highest BCUT2D eigenvalue weighted by molar-refractivity contribution is 6.60. The number of aliphatic hydroxyl groups is 1. The van der Waals surface area contributed by atoms with E-state index < -0.39 is 18.3 Å². The average molecular weight is 293 g/mol. The topological polar surface area (TPSA) is 71.8 Å². The average Bonchev–Trinajstić information content (AvgIpc) is 3.19. The molecule has 0 spiro atoms. The standard InChI is InChI=1S/C15H24BNO4/c1-14(2,18)15(3,4)21-16(19)12-7-8-13(17-9-12)20-10-11-5-6-11/h7-9,11,18-19H,5-6,10H2,1-4H3. The summed E-state index contributed by atoms with van der Waals surface area (Å²) in [6.45, 7) is 7.46. The lowest BCUT2D eigenvalue weighted by atomic mass is 9.77. The molecule has 1 heterocycles. The van der Waals surface area contributed by atoms with Crippen molar-refractivity contribution < 1.29 is 19.5 Å². The summed E-state index contributed by atoms with van der Waals surface area (Å²) in [5.41, 5.74) is -1.44. The Morgan fingerprint density at radius 1 is 1.29 bits per heavy atom. The third-order valence-electron chi connectivity index (χ3n) is 4.09. The molecule has 0 unspecified atom stereocenters. The van der Waals surface area contributed by atoms with E-state index in [1.165, 1.54) is 19.0 Å². The Morgan fingerprint density at radius 2 is 1.95 bits per heavy atom. The van der Waals surface area contributed by atoms with Gasteiger partial charge in [0.05, 0.1) is 17.8 Å². The first-order valence-corrected chi connectivity index (χ1v) is 7.36. The van der Waals surface area contributed by atoms with Gasteiger partial charge in [0.2, 0.25) is 5.88 Å². The van der Waals surface area contributed by atoms with Crippen LogP contribution in [0.2, 0.25) is 0 Å². The molecule has 0 radical (unpaired) electrons. The maximum atomic E-state index is 10.1. The minimum atomic E-state index is -1.14. The molecular weight excluding hydrogens is 269 g/mol. The number of ether oxygens (including phenoxy) is 1. The Hall–Kier alpha value is -1.11. The van der Waals surface area contributed by atoms with Crippen LogP contribution >= 0.6 is 0 Å². The number of nitrogens with zero attached hydrogens (tertiary/aromatic N) is 1. The van der Waals surface area contributed by atoms with E-state index in [-0.39, 0.29) is 0 Å². The number of pyridine rings is 1. The van der Waals surface area contributed by atoms with Crippen molar-refractivity contribution in [1.29, 1.82) is 0 Å². The van der Waals surface area contributed by atoms with E-state index in [1.54, 1.807) is 39.8 Å². The van der Waals surface area contributed by atoms with E-state index in [0.717, 1.165) is 0 Å². The van der Waals surface area contributed by atoms with Crippen molar-refractivity contribution in [1.82, 2.24) is 4.98 Å². The second kappa shape index (κ2) is 5.95. The minimum Gasteiger partial charge on any atom is -0.477 e. The first-order chi connectivity index (χ1) is 9.69. The lowest BCUT2D eigenvalue weighted by Gasteiger charge is -2.38. The van der Waals surface area contributed by atoms with Gasteiger partial charge in [-0.05, 0) is 52.5 Å². The summed E-state index contributed by atoms with van der Waals surface area (Å²) in [6.07, 6.45) is 4.00. The fourth-order valence-corrected chi connectivity index (χ4v) is 1.60. The molecular formula is C15H24BNO4. The zero-order valence-electron chi connectivity index (χ0n) is 13.2. The van der Waals surface area contributed by atoms with Crippen molar-refractivity contribution in [3.05, 3.63) is 18.3 Å². The van der Waals surface area contributed by atoms with Gasteiger partial charge in [-0.15, -0.1) is 0 Å². The zero-order chi connectivity index (χ0) is 15.7. The van der Waals surface area contributed by atoms with Crippen molar-refractivity contribution in [2.75, 3.05) is 6.61 Å². The van der Waals surface area contributed by atoms with Crippen LogP contribution in [0.1, 0.15) is 40.5 Å². The Labute approximate surface area is 126 Å². The first-order valence-electron chi connectivity index (χ1n) is 7.36. The minimum absolute atomic E-state index is 0.533. The van der Waals surface area contributed by atoms with E-state index in [0.29, 0.717) is 23.9 Å². The lowest BCUT2D eigenvalue weighted by molar-refractivity contribution is -0.0982. The Morgan fingerprint density at radius 3 is 2.43 bits per heavy atom. The Bertz CT molecular complexity index is 466. The maximum Gasteiger partial charge on any atom is 0.493 e. The molecule has 1 aromatic rings. The van der Waals surface area contributed by atoms with Crippen LogP contribution in [0.4, 0.5) is 0 Å². The third kappa shape index (κ3) is 4.43. The summed E-state index contributed by atoms with van der Waals surface area (Å²) < 4.78 is 11.1. The molecule has 0 bridgehead atoms. The smallest absolute Gasteiger partial charge is 0.477 e. The fourth-order valence-electron chi connectivity index (χ4n) is 1.60. The van der Waals surface area contributed by atoms with Gasteiger partial charge in [-0.25, -0.2) is 4.98 Å². The second-order valence-corrected chi connectivity index (χ2v) is 6.72. The molecule has 116 valence electrons. The molecule has 2 rings (SSSR count). The normalized spacial score (nSPS) is 15.9. The van der Waals surface area contributed by atoms with Crippen LogP contribution in [-0.2, 0) is 4.65 Å². The second-order valence-electron chi connectivity index (χ2n) is 6.72. The molecule has 0 aromatic carbocycles. The van der Waals surface area contributed by atoms with E-state index in [1.807, 2.05) is 0 Å². The molecule has 1 saturated carbocycles. The fraction of sp³-hybridized carbons (Fsp3) is 0.667. The Balaban J connectivity index is 1.94. The number of aromatic nitrogens is 1. The van der Waals surface area contributed by atoms with Gasteiger partial charge in [0, 0.05) is 11.7 Å². The molecule has 1 aliphatic rings. The van der Waals surface area contributed by atoms with Crippen LogP contribution in [0.3, 0.4) is 0 Å². The largest absolute Gasteiger partial charge is 0.493 e. The number of rotatable bonds is 7. The van der Waals surface area contributed by atoms with Crippen molar-refractivity contribution in [2.45, 2.75) is 51.7 Å². The molecule has 0 aliphatic heterocycles. The third-order valence-corrected chi connectivity index (χ3v) is 4.09. The SMILES string of the molecule is CC(C)(O)C(C)(C)OB(O)c1ccc(OCC2CC2)nc1. The van der Waals surface area contributed by atoms with E-state index in [2.05, 4.69) is 4.98 Å². The molecule has 0 amide bonds. The first kappa shape index (κ1) is 16.3. The number of hydrogen-bond acceptors (Lipinski definition) is 5. The highest BCUT2D eigenvalue weighted by atomic mass is 16.5. The lowest BCUT2D eigenvalue weighted by Crippen LogP contribution is -2.53. The van der Waals surface area contributed by atoms with E-state index in [9.17, 15) is 10.1 Å². The summed E-state index contributed by atoms with van der Waals surface area (Å²) in [4.78, 5) is 4.17. The van der Waals surface area contributed by atoms with Crippen LogP contribution < -0.4 is 10.2 Å². The quantitative estimate of drug-likeness (QED) is 0.737. The monoisotopic (exact) mass is 293 g/mol. The summed E-state index contributed by atoms with van der Waals surface area (Å²) in [5.74, 6) is 1.23. The molecule has 0 saturated heterocycles. The van der Waals surface area contributed by atoms with Crippen LogP contribution in [0, 0.1) is 5.92 Å². The Kier molecular flexibility index (Phi) is 4.61. The van der Waals surface area contributed by atoms with Gasteiger partial charge in [-0.1, -0.05) is 6.07 Å². The summed E-state index contributed by atoms with van der Waals surface area (Å²) in [6, 6.07) is 3.45. The predicted octanol–water partition coefficient (Wildman–Crippen LogP) is 1.12. The van der Waals surface area contributed by atoms with Gasteiger partial charge in [-0.2, -0.15) is 0 Å². The molecule has 1 aromatic heterocycles. The number of hydrogen-bond donors (Lipinski definition) is 2. The van der Waals surface area contributed by atoms with E-state index >= 15 is 0 Å². The molecule has 6 heteroatoms. The van der Waals surface area contributed by atoms with Crippen molar-refractivity contribution >= 4 is 12.6 Å². The molecule has 1 aliphatic carbocycles. The van der Waals surface area contributed by atoms with Crippen LogP contribution in [0.15, 0.2) is 18.3 Å². The van der Waals surface area contributed by atoms with Crippen LogP contribution in [0.25, 0.3) is 0 Å². The summed E-state index contributed by atoms with van der Waals surface area (Å²) in [5, 5.41) is 20.2. The van der Waals surface area contributed by atoms with Gasteiger partial charge < -0.3 is 19.5 Å².